The summed E-state index contributed by atoms with van der Waals surface area (Å²) in [4.78, 5) is 13.3. The van der Waals surface area contributed by atoms with Crippen LogP contribution in [0, 0.1) is 6.92 Å². The van der Waals surface area contributed by atoms with Crippen LogP contribution in [0.15, 0.2) is 30.1 Å². The zero-order chi connectivity index (χ0) is 18.8. The molecule has 2 aromatic rings. The lowest BCUT2D eigenvalue weighted by Crippen LogP contribution is -2.19. The van der Waals surface area contributed by atoms with Gasteiger partial charge in [-0.15, -0.1) is 0 Å². The fourth-order valence-corrected chi connectivity index (χ4v) is 3.71. The molecule has 2 heterocycles. The molecule has 2 aliphatic rings. The largest absolute Gasteiger partial charge is 0.495 e. The number of nitrogens with zero attached hydrogens (tertiary/aromatic N) is 3. The molecule has 2 aliphatic carbocycles. The number of hydrogen-bond acceptors (Lipinski definition) is 6. The molecule has 4 rings (SSSR count). The molecule has 0 saturated heterocycles. The number of hydrogen-bond donors (Lipinski definition) is 1. The summed E-state index contributed by atoms with van der Waals surface area (Å²) in [6.07, 6.45) is 7.99. The van der Waals surface area contributed by atoms with E-state index in [1.54, 1.807) is 13.3 Å². The smallest absolute Gasteiger partial charge is 0.220 e. The molecule has 2 atom stereocenters. The molecular weight excluding hydrogens is 342 g/mol. The Morgan fingerprint density at radius 1 is 1.19 bits per heavy atom. The first kappa shape index (κ1) is 17.9. The molecule has 0 spiro atoms. The summed E-state index contributed by atoms with van der Waals surface area (Å²) >= 11 is 0. The minimum Gasteiger partial charge on any atom is -0.495 e. The fraction of sp³-hybridized carbons (Fsp3) is 0.476. The van der Waals surface area contributed by atoms with E-state index in [0.29, 0.717) is 18.3 Å². The average Bonchev–Trinajstić information content (AvgIpc) is 3.46. The predicted octanol–water partition coefficient (Wildman–Crippen LogP) is 3.44. The first-order valence-corrected chi connectivity index (χ1v) is 9.49. The molecule has 1 fully saturated rings. The van der Waals surface area contributed by atoms with Crippen molar-refractivity contribution < 1.29 is 14.6 Å². The Bertz CT molecular complexity index is 848. The van der Waals surface area contributed by atoms with Gasteiger partial charge in [-0.2, -0.15) is 4.98 Å². The Labute approximate surface area is 159 Å². The minimum atomic E-state index is -0.239. The van der Waals surface area contributed by atoms with Gasteiger partial charge >= 0.3 is 0 Å². The van der Waals surface area contributed by atoms with Gasteiger partial charge in [0.1, 0.15) is 18.2 Å². The maximum atomic E-state index is 10.0. The van der Waals surface area contributed by atoms with Crippen molar-refractivity contribution in [2.45, 2.75) is 51.0 Å². The van der Waals surface area contributed by atoms with Gasteiger partial charge < -0.3 is 14.6 Å². The Balaban J connectivity index is 1.46. The van der Waals surface area contributed by atoms with E-state index >= 15 is 0 Å². The standard InChI is InChI=1S/C21H25N3O3/c1-13-22-11-19(14-4-3-5-16(25)8-14)21(24-13)27-12-15-9-18(15)20-7-6-17(26-2)10-23-20/h6-7,10-11,14,16,25H,3-5,8-9,12H2,1-2H3/t14-,16+/m1/s1. The van der Waals surface area contributed by atoms with Crippen molar-refractivity contribution in [2.75, 3.05) is 13.7 Å². The molecular formula is C21H25N3O3. The highest BCUT2D eigenvalue weighted by atomic mass is 16.5. The van der Waals surface area contributed by atoms with Crippen LogP contribution in [0.25, 0.3) is 5.57 Å². The van der Waals surface area contributed by atoms with Crippen molar-refractivity contribution in [3.05, 3.63) is 47.2 Å². The minimum absolute atomic E-state index is 0.239. The number of pyridine rings is 1. The molecule has 0 aromatic carbocycles. The van der Waals surface area contributed by atoms with Crippen molar-refractivity contribution in [3.63, 3.8) is 0 Å². The van der Waals surface area contributed by atoms with Crippen LogP contribution in [-0.2, 0) is 0 Å². The van der Waals surface area contributed by atoms with E-state index in [1.165, 1.54) is 11.1 Å². The van der Waals surface area contributed by atoms with Crippen molar-refractivity contribution in [1.29, 1.82) is 0 Å². The maximum absolute atomic E-state index is 10.0. The summed E-state index contributed by atoms with van der Waals surface area (Å²) < 4.78 is 11.2. The number of aromatic nitrogens is 3. The third-order valence-electron chi connectivity index (χ3n) is 5.34. The summed E-state index contributed by atoms with van der Waals surface area (Å²) in [6.45, 7) is 2.39. The molecule has 0 aliphatic heterocycles. The molecule has 1 N–H and O–H groups in total. The number of allylic oxidation sites excluding steroid dienone is 1. The normalized spacial score (nSPS) is 21.9. The molecule has 0 radical (unpaired) electrons. The van der Waals surface area contributed by atoms with Crippen LogP contribution in [0.2, 0.25) is 0 Å². The van der Waals surface area contributed by atoms with Gasteiger partial charge in [0.2, 0.25) is 5.88 Å². The number of rotatable bonds is 6. The first-order chi connectivity index (χ1) is 13.1. The van der Waals surface area contributed by atoms with Crippen LogP contribution < -0.4 is 9.47 Å². The lowest BCUT2D eigenvalue weighted by Gasteiger charge is -2.26. The van der Waals surface area contributed by atoms with Crippen molar-refractivity contribution in [3.8, 4) is 11.6 Å². The van der Waals surface area contributed by atoms with Crippen molar-refractivity contribution in [1.82, 2.24) is 15.0 Å². The molecule has 2 aromatic heterocycles. The number of aliphatic hydroxyl groups excluding tert-OH is 1. The quantitative estimate of drug-likeness (QED) is 0.843. The third-order valence-corrected chi connectivity index (χ3v) is 5.34. The lowest BCUT2D eigenvalue weighted by atomic mass is 9.83. The van der Waals surface area contributed by atoms with Crippen molar-refractivity contribution in [2.24, 2.45) is 0 Å². The van der Waals surface area contributed by atoms with E-state index in [2.05, 4.69) is 15.0 Å². The summed E-state index contributed by atoms with van der Waals surface area (Å²) in [5, 5.41) is 10.0. The van der Waals surface area contributed by atoms with Gasteiger partial charge in [-0.25, -0.2) is 4.98 Å². The Kier molecular flexibility index (Phi) is 5.07. The zero-order valence-corrected chi connectivity index (χ0v) is 15.8. The van der Waals surface area contributed by atoms with Crippen LogP contribution in [0.1, 0.15) is 55.1 Å². The highest BCUT2D eigenvalue weighted by molar-refractivity contribution is 5.81. The zero-order valence-electron chi connectivity index (χ0n) is 15.8. The van der Waals surface area contributed by atoms with E-state index in [1.807, 2.05) is 25.3 Å². The topological polar surface area (TPSA) is 77.4 Å². The summed E-state index contributed by atoms with van der Waals surface area (Å²) in [6, 6.07) is 3.90. The lowest BCUT2D eigenvalue weighted by molar-refractivity contribution is 0.118. The highest BCUT2D eigenvalue weighted by Crippen LogP contribution is 2.41. The summed E-state index contributed by atoms with van der Waals surface area (Å²) in [5.41, 5.74) is 4.48. The molecule has 6 heteroatoms. The molecule has 142 valence electrons. The second-order valence-corrected chi connectivity index (χ2v) is 7.33. The van der Waals surface area contributed by atoms with E-state index in [9.17, 15) is 5.11 Å². The van der Waals surface area contributed by atoms with Gasteiger partial charge in [0.15, 0.2) is 0 Å². The molecule has 1 saturated carbocycles. The second-order valence-electron chi connectivity index (χ2n) is 7.33. The predicted molar refractivity (Wildman–Crippen MR) is 102 cm³/mol. The van der Waals surface area contributed by atoms with Gasteiger partial charge in [-0.05, 0) is 61.8 Å². The highest BCUT2D eigenvalue weighted by Gasteiger charge is 2.28. The second kappa shape index (κ2) is 7.64. The SMILES string of the molecule is COc1ccc(C2=C(COc3nc(C)ncc3[C@@H]3CCC[C@H](O)C3)C2)nc1. The van der Waals surface area contributed by atoms with E-state index in [0.717, 1.165) is 49.1 Å². The van der Waals surface area contributed by atoms with Crippen LogP contribution in [-0.4, -0.2) is 39.9 Å². The number of ether oxygens (including phenoxy) is 2. The summed E-state index contributed by atoms with van der Waals surface area (Å²) in [5.74, 6) is 2.38. The maximum Gasteiger partial charge on any atom is 0.220 e. The average molecular weight is 367 g/mol. The molecule has 6 nitrogen and oxygen atoms in total. The van der Waals surface area contributed by atoms with Gasteiger partial charge in [0, 0.05) is 11.8 Å². The molecule has 0 amide bonds. The molecule has 0 bridgehead atoms. The van der Waals surface area contributed by atoms with Crippen LogP contribution in [0.4, 0.5) is 0 Å². The van der Waals surface area contributed by atoms with E-state index in [4.69, 9.17) is 9.47 Å². The number of methoxy groups -OCH3 is 1. The van der Waals surface area contributed by atoms with Gasteiger partial charge in [-0.3, -0.25) is 4.98 Å². The van der Waals surface area contributed by atoms with E-state index in [-0.39, 0.29) is 12.0 Å². The monoisotopic (exact) mass is 367 g/mol. The molecule has 27 heavy (non-hydrogen) atoms. The van der Waals surface area contributed by atoms with Crippen molar-refractivity contribution >= 4 is 5.57 Å². The summed E-state index contributed by atoms with van der Waals surface area (Å²) in [7, 11) is 1.64. The van der Waals surface area contributed by atoms with Gasteiger partial charge in [0.25, 0.3) is 0 Å². The molecule has 0 unspecified atom stereocenters. The Hall–Kier alpha value is -2.47. The third kappa shape index (κ3) is 4.11. The van der Waals surface area contributed by atoms with Crippen LogP contribution in [0.5, 0.6) is 11.6 Å². The van der Waals surface area contributed by atoms with Crippen LogP contribution >= 0.6 is 0 Å². The number of aryl methyl sites for hydroxylation is 1. The number of aliphatic hydroxyl groups is 1. The Morgan fingerprint density at radius 3 is 2.81 bits per heavy atom. The van der Waals surface area contributed by atoms with E-state index < -0.39 is 0 Å². The first-order valence-electron chi connectivity index (χ1n) is 9.49. The van der Waals surface area contributed by atoms with Crippen LogP contribution in [0.3, 0.4) is 0 Å². The van der Waals surface area contributed by atoms with Gasteiger partial charge in [-0.1, -0.05) is 6.42 Å². The van der Waals surface area contributed by atoms with Gasteiger partial charge in [0.05, 0.1) is 25.1 Å². The Morgan fingerprint density at radius 2 is 2.07 bits per heavy atom. The fourth-order valence-electron chi connectivity index (χ4n) is 3.71.